The van der Waals surface area contributed by atoms with Gasteiger partial charge in [-0.05, 0) is 61.9 Å². The summed E-state index contributed by atoms with van der Waals surface area (Å²) in [5.41, 5.74) is -2.22. The molecule has 1 heterocycles. The van der Waals surface area contributed by atoms with Crippen LogP contribution in [-0.4, -0.2) is 55.2 Å². The van der Waals surface area contributed by atoms with E-state index in [-0.39, 0.29) is 42.3 Å². The quantitative estimate of drug-likeness (QED) is 0.526. The predicted octanol–water partition coefficient (Wildman–Crippen LogP) is 3.62. The van der Waals surface area contributed by atoms with Gasteiger partial charge in [-0.2, -0.15) is 13.2 Å². The fourth-order valence-electron chi connectivity index (χ4n) is 4.93. The second-order valence-electron chi connectivity index (χ2n) is 9.68. The van der Waals surface area contributed by atoms with Crippen LogP contribution in [-0.2, 0) is 20.8 Å². The molecule has 0 spiro atoms. The molecule has 0 bridgehead atoms. The molecule has 0 aromatic heterocycles. The lowest BCUT2D eigenvalue weighted by Gasteiger charge is -2.39. The lowest BCUT2D eigenvalue weighted by Crippen LogP contribution is -2.49. The van der Waals surface area contributed by atoms with Crippen molar-refractivity contribution in [2.24, 2.45) is 5.92 Å². The Balaban J connectivity index is 1.60. The van der Waals surface area contributed by atoms with Gasteiger partial charge in [-0.3, -0.25) is 9.59 Å². The lowest BCUT2D eigenvalue weighted by molar-refractivity contribution is -0.140. The van der Waals surface area contributed by atoms with Crippen molar-refractivity contribution in [3.63, 3.8) is 0 Å². The van der Waals surface area contributed by atoms with Gasteiger partial charge in [-0.25, -0.2) is 17.2 Å². The van der Waals surface area contributed by atoms with Crippen molar-refractivity contribution in [2.75, 3.05) is 12.8 Å². The Kier molecular flexibility index (Phi) is 7.54. The van der Waals surface area contributed by atoms with Crippen molar-refractivity contribution >= 4 is 21.7 Å². The van der Waals surface area contributed by atoms with Crippen molar-refractivity contribution in [3.8, 4) is 0 Å². The molecule has 0 unspecified atom stereocenters. The van der Waals surface area contributed by atoms with Gasteiger partial charge in [-0.15, -0.1) is 0 Å². The van der Waals surface area contributed by atoms with E-state index >= 15 is 0 Å². The Hall–Kier alpha value is -3.06. The van der Waals surface area contributed by atoms with Gasteiger partial charge in [0.05, 0.1) is 22.6 Å². The molecule has 2 amide bonds. The number of hydrogen-bond donors (Lipinski definition) is 2. The van der Waals surface area contributed by atoms with E-state index in [1.165, 1.54) is 29.2 Å². The Labute approximate surface area is 215 Å². The minimum absolute atomic E-state index is 0.0408. The van der Waals surface area contributed by atoms with Gasteiger partial charge in [0.15, 0.2) is 9.84 Å². The number of nitrogens with one attached hydrogen (secondary N) is 1. The highest BCUT2D eigenvalue weighted by Gasteiger charge is 2.42. The zero-order valence-corrected chi connectivity index (χ0v) is 21.0. The summed E-state index contributed by atoms with van der Waals surface area (Å²) >= 11 is 0. The fraction of sp³-hybridized carbons (Fsp3) is 0.440. The Bertz CT molecular complexity index is 1360. The van der Waals surface area contributed by atoms with Crippen LogP contribution in [0.25, 0.3) is 0 Å². The summed E-state index contributed by atoms with van der Waals surface area (Å²) in [6, 6.07) is 3.51. The molecule has 7 nitrogen and oxygen atoms in total. The number of rotatable bonds is 6. The molecule has 1 aliphatic carbocycles. The zero-order valence-electron chi connectivity index (χ0n) is 20.1. The first-order chi connectivity index (χ1) is 17.7. The highest BCUT2D eigenvalue weighted by atomic mass is 32.2. The van der Waals surface area contributed by atoms with E-state index in [2.05, 4.69) is 5.32 Å². The monoisotopic (exact) mass is 560 g/mol. The summed E-state index contributed by atoms with van der Waals surface area (Å²) in [5, 5.41) is 12.3. The third-order valence-electron chi connectivity index (χ3n) is 6.97. The number of carbonyl (C=O) groups is 2. The second kappa shape index (κ2) is 10.3. The molecule has 206 valence electrons. The number of amides is 2. The van der Waals surface area contributed by atoms with Crippen LogP contribution in [0, 0.1) is 17.6 Å². The number of aliphatic hydroxyl groups excluding tert-OH is 1. The first kappa shape index (κ1) is 28.0. The third-order valence-corrected chi connectivity index (χ3v) is 8.08. The highest BCUT2D eigenvalue weighted by molar-refractivity contribution is 7.90. The summed E-state index contributed by atoms with van der Waals surface area (Å²) in [7, 11) is -3.60. The molecule has 1 aliphatic heterocycles. The van der Waals surface area contributed by atoms with Gasteiger partial charge in [0.1, 0.15) is 17.7 Å². The minimum atomic E-state index is -5.12. The molecule has 38 heavy (non-hydrogen) atoms. The van der Waals surface area contributed by atoms with Crippen molar-refractivity contribution < 1.29 is 45.1 Å². The number of halogens is 5. The van der Waals surface area contributed by atoms with Gasteiger partial charge in [0.2, 0.25) is 5.91 Å². The van der Waals surface area contributed by atoms with E-state index in [0.29, 0.717) is 12.5 Å². The van der Waals surface area contributed by atoms with E-state index in [1.807, 2.05) is 0 Å². The minimum Gasteiger partial charge on any atom is -0.393 e. The summed E-state index contributed by atoms with van der Waals surface area (Å²) in [6.45, 7) is 0.177. The summed E-state index contributed by atoms with van der Waals surface area (Å²) in [5.74, 6) is -4.95. The van der Waals surface area contributed by atoms with E-state index in [0.717, 1.165) is 6.26 Å². The molecule has 2 aromatic carbocycles. The van der Waals surface area contributed by atoms with E-state index < -0.39 is 74.7 Å². The maximum atomic E-state index is 14.8. The Morgan fingerprint density at radius 3 is 2.39 bits per heavy atom. The number of likely N-dealkylation sites (tertiary alicyclic amines) is 1. The van der Waals surface area contributed by atoms with Gasteiger partial charge >= 0.3 is 6.18 Å². The standard InChI is InChI=1S/C25H25F5N2O5S/c1-38(36,37)16-5-2-4-13(10-16)24(35)32-7-3-6-21(32)23(34)31-22(14-8-15(33)9-14)17-11-20(27)18(12-19(17)26)25(28,29)30/h2,4-5,10-12,14-15,21-22,33H,3,6-9H2,1H3,(H,31,34)/t14?,15?,21-,22-/m1/s1. The molecule has 1 saturated heterocycles. The average molecular weight is 561 g/mol. The normalized spacial score (nSPS) is 22.6. The van der Waals surface area contributed by atoms with Crippen LogP contribution in [0.1, 0.15) is 53.2 Å². The Morgan fingerprint density at radius 1 is 1.11 bits per heavy atom. The number of benzene rings is 2. The number of alkyl halides is 3. The number of carbonyl (C=O) groups excluding carboxylic acids is 2. The Morgan fingerprint density at radius 2 is 1.79 bits per heavy atom. The number of aliphatic hydroxyl groups is 1. The number of sulfone groups is 1. The van der Waals surface area contributed by atoms with E-state index in [4.69, 9.17) is 0 Å². The molecule has 4 rings (SSSR count). The van der Waals surface area contributed by atoms with Crippen LogP contribution in [0.2, 0.25) is 0 Å². The molecule has 2 aromatic rings. The predicted molar refractivity (Wildman–Crippen MR) is 125 cm³/mol. The lowest BCUT2D eigenvalue weighted by atomic mass is 9.74. The number of nitrogens with zero attached hydrogens (tertiary/aromatic N) is 1. The van der Waals surface area contributed by atoms with Crippen LogP contribution >= 0.6 is 0 Å². The summed E-state index contributed by atoms with van der Waals surface area (Å²) in [4.78, 5) is 27.6. The topological polar surface area (TPSA) is 104 Å². The van der Waals surface area contributed by atoms with Crippen LogP contribution in [0.4, 0.5) is 22.0 Å². The first-order valence-electron chi connectivity index (χ1n) is 11.8. The zero-order chi connectivity index (χ0) is 28.0. The third kappa shape index (κ3) is 5.68. The first-order valence-corrected chi connectivity index (χ1v) is 13.7. The molecule has 2 aliphatic rings. The molecular weight excluding hydrogens is 535 g/mol. The summed E-state index contributed by atoms with van der Waals surface area (Å²) in [6.07, 6.45) is -4.00. The van der Waals surface area contributed by atoms with Crippen molar-refractivity contribution in [3.05, 3.63) is 64.7 Å². The van der Waals surface area contributed by atoms with Gasteiger partial charge in [-0.1, -0.05) is 6.07 Å². The average Bonchev–Trinajstić information content (AvgIpc) is 3.30. The molecule has 2 atom stereocenters. The van der Waals surface area contributed by atoms with Gasteiger partial charge < -0.3 is 15.3 Å². The van der Waals surface area contributed by atoms with Crippen LogP contribution in [0.5, 0.6) is 0 Å². The highest BCUT2D eigenvalue weighted by Crippen LogP contribution is 2.41. The summed E-state index contributed by atoms with van der Waals surface area (Å²) < 4.78 is 92.0. The molecule has 1 saturated carbocycles. The molecule has 13 heteroatoms. The SMILES string of the molecule is CS(=O)(=O)c1cccc(C(=O)N2CCC[C@@H]2C(=O)N[C@@H](c2cc(F)c(C(F)(F)F)cc2F)C2CC(O)C2)c1. The maximum absolute atomic E-state index is 14.8. The van der Waals surface area contributed by atoms with Crippen molar-refractivity contribution in [2.45, 2.75) is 54.9 Å². The maximum Gasteiger partial charge on any atom is 0.419 e. The fourth-order valence-corrected chi connectivity index (χ4v) is 5.59. The van der Waals surface area contributed by atoms with E-state index in [1.54, 1.807) is 0 Å². The molecule has 0 radical (unpaired) electrons. The van der Waals surface area contributed by atoms with Crippen LogP contribution in [0.15, 0.2) is 41.3 Å². The van der Waals surface area contributed by atoms with Crippen molar-refractivity contribution in [1.82, 2.24) is 10.2 Å². The second-order valence-corrected chi connectivity index (χ2v) is 11.7. The molecule has 2 fully saturated rings. The van der Waals surface area contributed by atoms with Crippen molar-refractivity contribution in [1.29, 1.82) is 0 Å². The number of hydrogen-bond acceptors (Lipinski definition) is 5. The van der Waals surface area contributed by atoms with Crippen LogP contribution < -0.4 is 5.32 Å². The van der Waals surface area contributed by atoms with E-state index in [9.17, 15) is 45.1 Å². The van der Waals surface area contributed by atoms with Crippen LogP contribution in [0.3, 0.4) is 0 Å². The smallest absolute Gasteiger partial charge is 0.393 e. The van der Waals surface area contributed by atoms with Gasteiger partial charge in [0, 0.05) is 23.9 Å². The van der Waals surface area contributed by atoms with Gasteiger partial charge in [0.25, 0.3) is 5.91 Å². The molecular formula is C25H25F5N2O5S. The largest absolute Gasteiger partial charge is 0.419 e. The molecule has 2 N–H and O–H groups in total.